The molecule has 0 aliphatic carbocycles. The second kappa shape index (κ2) is 5.44. The molecule has 0 heterocycles. The first-order valence-electron chi connectivity index (χ1n) is 6.56. The summed E-state index contributed by atoms with van der Waals surface area (Å²) in [4.78, 5) is 12.1. The van der Waals surface area contributed by atoms with Crippen molar-refractivity contribution in [1.29, 1.82) is 5.26 Å². The number of hydrogen-bond donors (Lipinski definition) is 1. The largest absolute Gasteiger partial charge is 0.334 e. The lowest BCUT2D eigenvalue weighted by atomic mass is 9.86. The van der Waals surface area contributed by atoms with E-state index in [1.807, 2.05) is 31.2 Å². The Morgan fingerprint density at radius 1 is 1.21 bits per heavy atom. The molecule has 0 fully saturated rings. The second-order valence-corrected chi connectivity index (χ2v) is 6.08. The van der Waals surface area contributed by atoms with Crippen molar-refractivity contribution in [3.63, 3.8) is 0 Å². The summed E-state index contributed by atoms with van der Waals surface area (Å²) < 4.78 is 0. The average molecular weight is 258 g/mol. The number of carbonyl (C=O) groups excluding carboxylic acids is 1. The van der Waals surface area contributed by atoms with Crippen molar-refractivity contribution >= 4 is 5.91 Å². The minimum Gasteiger partial charge on any atom is -0.334 e. The molecule has 0 spiro atoms. The number of nitrogens with one attached hydrogen (secondary N) is 1. The van der Waals surface area contributed by atoms with Crippen LogP contribution in [0.4, 0.5) is 0 Å². The van der Waals surface area contributed by atoms with E-state index in [2.05, 4.69) is 32.2 Å². The van der Waals surface area contributed by atoms with Gasteiger partial charge in [-0.15, -0.1) is 0 Å². The molecule has 3 heteroatoms. The molecule has 0 aromatic heterocycles. The van der Waals surface area contributed by atoms with Gasteiger partial charge in [0.1, 0.15) is 5.54 Å². The Morgan fingerprint density at radius 2 is 1.74 bits per heavy atom. The van der Waals surface area contributed by atoms with Gasteiger partial charge in [-0.3, -0.25) is 4.79 Å². The van der Waals surface area contributed by atoms with Gasteiger partial charge in [-0.2, -0.15) is 5.26 Å². The summed E-state index contributed by atoms with van der Waals surface area (Å²) in [6, 6.07) is 9.68. The summed E-state index contributed by atoms with van der Waals surface area (Å²) in [5.74, 6) is -0.202. The van der Waals surface area contributed by atoms with E-state index in [9.17, 15) is 4.79 Å². The fourth-order valence-electron chi connectivity index (χ4n) is 1.64. The van der Waals surface area contributed by atoms with Crippen molar-refractivity contribution in [3.05, 3.63) is 35.4 Å². The van der Waals surface area contributed by atoms with Gasteiger partial charge in [0.15, 0.2) is 0 Å². The molecule has 1 N–H and O–H groups in total. The zero-order chi connectivity index (χ0) is 14.7. The van der Waals surface area contributed by atoms with Crippen LogP contribution in [0.2, 0.25) is 0 Å². The van der Waals surface area contributed by atoms with Gasteiger partial charge >= 0.3 is 0 Å². The van der Waals surface area contributed by atoms with E-state index in [1.165, 1.54) is 5.56 Å². The first-order chi connectivity index (χ1) is 8.72. The van der Waals surface area contributed by atoms with Crippen LogP contribution in [0.1, 0.15) is 57.0 Å². The molecule has 0 aliphatic heterocycles. The number of amides is 1. The van der Waals surface area contributed by atoms with Gasteiger partial charge in [-0.1, -0.05) is 39.8 Å². The number of carbonyl (C=O) groups is 1. The summed E-state index contributed by atoms with van der Waals surface area (Å²) in [6.45, 7) is 10.0. The Kier molecular flexibility index (Phi) is 4.36. The fraction of sp³-hybridized carbons (Fsp3) is 0.500. The number of rotatable bonds is 3. The Bertz CT molecular complexity index is 491. The lowest BCUT2D eigenvalue weighted by Gasteiger charge is -2.22. The molecule has 0 aliphatic rings. The zero-order valence-electron chi connectivity index (χ0n) is 12.4. The van der Waals surface area contributed by atoms with Crippen LogP contribution in [-0.4, -0.2) is 11.4 Å². The third kappa shape index (κ3) is 3.82. The van der Waals surface area contributed by atoms with Crippen molar-refractivity contribution in [3.8, 4) is 6.07 Å². The molecule has 0 bridgehead atoms. The summed E-state index contributed by atoms with van der Waals surface area (Å²) in [5.41, 5.74) is 1.03. The highest BCUT2D eigenvalue weighted by Crippen LogP contribution is 2.22. The van der Waals surface area contributed by atoms with E-state index in [4.69, 9.17) is 5.26 Å². The van der Waals surface area contributed by atoms with Gasteiger partial charge in [0.2, 0.25) is 0 Å². The van der Waals surface area contributed by atoms with Crippen molar-refractivity contribution in [1.82, 2.24) is 5.32 Å². The van der Waals surface area contributed by atoms with Crippen LogP contribution in [0.25, 0.3) is 0 Å². The normalized spacial score (nSPS) is 14.3. The van der Waals surface area contributed by atoms with Gasteiger partial charge in [-0.25, -0.2) is 0 Å². The van der Waals surface area contributed by atoms with Gasteiger partial charge in [-0.05, 0) is 36.5 Å². The summed E-state index contributed by atoms with van der Waals surface area (Å²) in [5, 5.41) is 11.8. The highest BCUT2D eigenvalue weighted by molar-refractivity contribution is 5.94. The van der Waals surface area contributed by atoms with Crippen LogP contribution in [0.3, 0.4) is 0 Å². The molecule has 1 unspecified atom stereocenters. The van der Waals surface area contributed by atoms with E-state index < -0.39 is 5.54 Å². The van der Waals surface area contributed by atoms with Crippen molar-refractivity contribution < 1.29 is 4.79 Å². The lowest BCUT2D eigenvalue weighted by molar-refractivity contribution is 0.0923. The standard InChI is InChI=1S/C16H22N2O/c1-6-16(5,11-17)18-14(19)12-7-9-13(10-8-12)15(2,3)4/h7-10H,6H2,1-5H3,(H,18,19). The predicted octanol–water partition coefficient (Wildman–Crippen LogP) is 3.41. The van der Waals surface area contributed by atoms with E-state index in [0.29, 0.717) is 12.0 Å². The maximum Gasteiger partial charge on any atom is 0.252 e. The smallest absolute Gasteiger partial charge is 0.252 e. The molecule has 1 aromatic rings. The molecular weight excluding hydrogens is 236 g/mol. The number of hydrogen-bond acceptors (Lipinski definition) is 2. The fourth-order valence-corrected chi connectivity index (χ4v) is 1.64. The minimum absolute atomic E-state index is 0.0690. The summed E-state index contributed by atoms with van der Waals surface area (Å²) in [7, 11) is 0. The third-order valence-electron chi connectivity index (χ3n) is 3.36. The Balaban J connectivity index is 2.88. The second-order valence-electron chi connectivity index (χ2n) is 6.08. The van der Waals surface area contributed by atoms with Crippen LogP contribution in [0.5, 0.6) is 0 Å². The molecule has 1 atom stereocenters. The number of nitriles is 1. The van der Waals surface area contributed by atoms with Crippen LogP contribution in [-0.2, 0) is 5.41 Å². The molecule has 1 amide bonds. The van der Waals surface area contributed by atoms with Crippen LogP contribution in [0.15, 0.2) is 24.3 Å². The summed E-state index contributed by atoms with van der Waals surface area (Å²) in [6.07, 6.45) is 0.579. The SMILES string of the molecule is CCC(C)(C#N)NC(=O)c1ccc(C(C)(C)C)cc1. The van der Waals surface area contributed by atoms with Gasteiger partial charge in [0.25, 0.3) is 5.91 Å². The molecule has 1 aromatic carbocycles. The molecular formula is C16H22N2O. The Labute approximate surface area is 115 Å². The first kappa shape index (κ1) is 15.2. The maximum absolute atomic E-state index is 12.1. The highest BCUT2D eigenvalue weighted by Gasteiger charge is 2.24. The van der Waals surface area contributed by atoms with E-state index in [1.54, 1.807) is 6.92 Å². The predicted molar refractivity (Wildman–Crippen MR) is 76.9 cm³/mol. The molecule has 0 radical (unpaired) electrons. The number of nitrogens with zero attached hydrogens (tertiary/aromatic N) is 1. The van der Waals surface area contributed by atoms with Crippen molar-refractivity contribution in [2.45, 2.75) is 52.0 Å². The van der Waals surface area contributed by atoms with Crippen LogP contribution < -0.4 is 5.32 Å². The minimum atomic E-state index is -0.806. The van der Waals surface area contributed by atoms with Crippen molar-refractivity contribution in [2.24, 2.45) is 0 Å². The third-order valence-corrected chi connectivity index (χ3v) is 3.36. The van der Waals surface area contributed by atoms with Gasteiger partial charge in [0.05, 0.1) is 6.07 Å². The van der Waals surface area contributed by atoms with Crippen molar-refractivity contribution in [2.75, 3.05) is 0 Å². The van der Waals surface area contributed by atoms with Crippen LogP contribution >= 0.6 is 0 Å². The van der Waals surface area contributed by atoms with Crippen LogP contribution in [0, 0.1) is 11.3 Å². The van der Waals surface area contributed by atoms with E-state index in [-0.39, 0.29) is 11.3 Å². The van der Waals surface area contributed by atoms with E-state index in [0.717, 1.165) is 0 Å². The quantitative estimate of drug-likeness (QED) is 0.903. The van der Waals surface area contributed by atoms with E-state index >= 15 is 0 Å². The lowest BCUT2D eigenvalue weighted by Crippen LogP contribution is -2.44. The molecule has 0 saturated carbocycles. The highest BCUT2D eigenvalue weighted by atomic mass is 16.1. The molecule has 19 heavy (non-hydrogen) atoms. The summed E-state index contributed by atoms with van der Waals surface area (Å²) >= 11 is 0. The molecule has 0 saturated heterocycles. The topological polar surface area (TPSA) is 52.9 Å². The zero-order valence-corrected chi connectivity index (χ0v) is 12.4. The van der Waals surface area contributed by atoms with Gasteiger partial charge < -0.3 is 5.32 Å². The maximum atomic E-state index is 12.1. The molecule has 1 rings (SSSR count). The number of benzene rings is 1. The molecule has 3 nitrogen and oxygen atoms in total. The Morgan fingerprint density at radius 3 is 2.11 bits per heavy atom. The monoisotopic (exact) mass is 258 g/mol. The average Bonchev–Trinajstić information content (AvgIpc) is 2.37. The first-order valence-corrected chi connectivity index (χ1v) is 6.56. The molecule has 102 valence electrons. The Hall–Kier alpha value is -1.82. The van der Waals surface area contributed by atoms with Gasteiger partial charge in [0, 0.05) is 5.56 Å².